The van der Waals surface area contributed by atoms with Gasteiger partial charge in [0.25, 0.3) is 0 Å². The molecule has 1 aliphatic rings. The van der Waals surface area contributed by atoms with E-state index in [-0.39, 0.29) is 18.3 Å². The molecule has 6 heteroatoms. The van der Waals surface area contributed by atoms with Gasteiger partial charge in [-0.3, -0.25) is 14.7 Å². The summed E-state index contributed by atoms with van der Waals surface area (Å²) in [5.41, 5.74) is 2.30. The Kier molecular flexibility index (Phi) is 7.70. The van der Waals surface area contributed by atoms with Crippen molar-refractivity contribution in [2.45, 2.75) is 6.42 Å². The molecule has 0 aliphatic carbocycles. The van der Waals surface area contributed by atoms with Gasteiger partial charge in [0, 0.05) is 50.8 Å². The molecule has 1 aromatic heterocycles. The number of hydrogen-bond acceptors (Lipinski definition) is 4. The Hall–Kier alpha value is -2.11. The maximum absolute atomic E-state index is 12.3. The van der Waals surface area contributed by atoms with Crippen LogP contribution in [0, 0.1) is 0 Å². The largest absolute Gasteiger partial charge is 0.376 e. The van der Waals surface area contributed by atoms with Gasteiger partial charge in [0.1, 0.15) is 0 Å². The van der Waals surface area contributed by atoms with Gasteiger partial charge in [0.05, 0.1) is 6.54 Å². The molecule has 2 aromatic rings. The van der Waals surface area contributed by atoms with Crippen molar-refractivity contribution in [3.8, 4) is 0 Å². The molecular weight excluding hydrogens is 336 g/mol. The molecule has 134 valence electrons. The molecule has 0 saturated carbocycles. The van der Waals surface area contributed by atoms with Crippen molar-refractivity contribution < 1.29 is 4.79 Å². The Morgan fingerprint density at radius 3 is 2.36 bits per heavy atom. The zero-order valence-corrected chi connectivity index (χ0v) is 15.1. The first-order valence-electron chi connectivity index (χ1n) is 8.49. The topological polar surface area (TPSA) is 48.5 Å². The molecule has 25 heavy (non-hydrogen) atoms. The number of nitrogens with one attached hydrogen (secondary N) is 1. The van der Waals surface area contributed by atoms with Crippen LogP contribution in [0.25, 0.3) is 0 Å². The number of para-hydroxylation sites is 1. The Morgan fingerprint density at radius 1 is 1.00 bits per heavy atom. The number of rotatable bonds is 6. The van der Waals surface area contributed by atoms with E-state index in [9.17, 15) is 4.79 Å². The first-order chi connectivity index (χ1) is 11.8. The van der Waals surface area contributed by atoms with E-state index in [0.717, 1.165) is 44.8 Å². The zero-order valence-electron chi connectivity index (χ0n) is 14.3. The number of hydrogen-bond donors (Lipinski definition) is 1. The summed E-state index contributed by atoms with van der Waals surface area (Å²) in [5, 5.41) is 3.19. The average Bonchev–Trinajstić information content (AvgIpc) is 2.66. The number of amides is 1. The molecule has 0 radical (unpaired) electrons. The van der Waals surface area contributed by atoms with Crippen LogP contribution in [0.2, 0.25) is 0 Å². The fourth-order valence-corrected chi connectivity index (χ4v) is 2.90. The second kappa shape index (κ2) is 10.0. The predicted molar refractivity (Wildman–Crippen MR) is 103 cm³/mol. The second-order valence-corrected chi connectivity index (χ2v) is 6.05. The van der Waals surface area contributed by atoms with Crippen molar-refractivity contribution in [2.75, 3.05) is 44.6 Å². The van der Waals surface area contributed by atoms with Crippen molar-refractivity contribution in [2.24, 2.45) is 0 Å². The lowest BCUT2D eigenvalue weighted by molar-refractivity contribution is -0.131. The van der Waals surface area contributed by atoms with Gasteiger partial charge in [-0.05, 0) is 36.2 Å². The van der Waals surface area contributed by atoms with Gasteiger partial charge < -0.3 is 10.2 Å². The number of halogens is 1. The summed E-state index contributed by atoms with van der Waals surface area (Å²) in [5.74, 6) is 0.174. The zero-order chi connectivity index (χ0) is 16.6. The number of piperazine rings is 1. The van der Waals surface area contributed by atoms with Crippen LogP contribution in [0.5, 0.6) is 0 Å². The molecule has 1 aromatic carbocycles. The van der Waals surface area contributed by atoms with Gasteiger partial charge in [-0.25, -0.2) is 0 Å². The van der Waals surface area contributed by atoms with Crippen LogP contribution in [0.3, 0.4) is 0 Å². The van der Waals surface area contributed by atoms with Crippen LogP contribution in [0.4, 0.5) is 5.69 Å². The van der Waals surface area contributed by atoms with Crippen molar-refractivity contribution in [3.63, 3.8) is 0 Å². The minimum Gasteiger partial charge on any atom is -0.376 e. The van der Waals surface area contributed by atoms with Gasteiger partial charge >= 0.3 is 0 Å². The van der Waals surface area contributed by atoms with E-state index in [1.54, 1.807) is 0 Å². The number of benzene rings is 1. The Balaban J connectivity index is 0.00000225. The third-order valence-electron chi connectivity index (χ3n) is 4.41. The van der Waals surface area contributed by atoms with Crippen molar-refractivity contribution in [1.29, 1.82) is 0 Å². The maximum Gasteiger partial charge on any atom is 0.241 e. The van der Waals surface area contributed by atoms with Crippen molar-refractivity contribution in [1.82, 2.24) is 14.8 Å². The molecule has 1 aliphatic heterocycles. The third kappa shape index (κ3) is 6.03. The van der Waals surface area contributed by atoms with Crippen LogP contribution in [0.15, 0.2) is 54.9 Å². The second-order valence-electron chi connectivity index (χ2n) is 6.05. The fraction of sp³-hybridized carbons (Fsp3) is 0.368. The minimum atomic E-state index is 0. The molecule has 0 spiro atoms. The number of aromatic nitrogens is 1. The standard InChI is InChI=1S/C19H24N4O.ClH/c24-19(16-21-18-4-2-1-3-5-18)23-14-12-22(13-15-23)11-8-17-6-9-20-10-7-17;/h1-7,9-10,21H,8,11-16H2;1H. The van der Waals surface area contributed by atoms with E-state index in [0.29, 0.717) is 6.54 Å². The molecule has 5 nitrogen and oxygen atoms in total. The van der Waals surface area contributed by atoms with Crippen LogP contribution in [-0.4, -0.2) is 60.0 Å². The summed E-state index contributed by atoms with van der Waals surface area (Å²) in [4.78, 5) is 20.7. The summed E-state index contributed by atoms with van der Waals surface area (Å²) in [6, 6.07) is 14.0. The highest BCUT2D eigenvalue weighted by Crippen LogP contribution is 2.07. The fourth-order valence-electron chi connectivity index (χ4n) is 2.90. The molecule has 1 fully saturated rings. The van der Waals surface area contributed by atoms with Crippen LogP contribution < -0.4 is 5.32 Å². The summed E-state index contributed by atoms with van der Waals surface area (Å²) in [6.07, 6.45) is 4.71. The van der Waals surface area contributed by atoms with Crippen molar-refractivity contribution >= 4 is 24.0 Å². The van der Waals surface area contributed by atoms with Gasteiger partial charge in [-0.1, -0.05) is 18.2 Å². The van der Waals surface area contributed by atoms with E-state index in [4.69, 9.17) is 0 Å². The lowest BCUT2D eigenvalue weighted by Crippen LogP contribution is -2.50. The highest BCUT2D eigenvalue weighted by molar-refractivity contribution is 5.85. The van der Waals surface area contributed by atoms with Gasteiger partial charge in [0.2, 0.25) is 5.91 Å². The highest BCUT2D eigenvalue weighted by Gasteiger charge is 2.20. The molecule has 3 rings (SSSR count). The Morgan fingerprint density at radius 2 is 1.68 bits per heavy atom. The van der Waals surface area contributed by atoms with E-state index >= 15 is 0 Å². The highest BCUT2D eigenvalue weighted by atomic mass is 35.5. The Bertz CT molecular complexity index is 630. The third-order valence-corrected chi connectivity index (χ3v) is 4.41. The van der Waals surface area contributed by atoms with E-state index in [2.05, 4.69) is 27.3 Å². The Labute approximate surface area is 155 Å². The molecule has 0 unspecified atom stereocenters. The normalized spacial score (nSPS) is 14.6. The molecule has 0 bridgehead atoms. The number of nitrogens with zero attached hydrogens (tertiary/aromatic N) is 3. The van der Waals surface area contributed by atoms with E-state index in [1.165, 1.54) is 5.56 Å². The summed E-state index contributed by atoms with van der Waals surface area (Å²) in [7, 11) is 0. The van der Waals surface area contributed by atoms with Crippen LogP contribution in [-0.2, 0) is 11.2 Å². The SMILES string of the molecule is Cl.O=C(CNc1ccccc1)N1CCN(CCc2ccncc2)CC1. The molecule has 1 amide bonds. The summed E-state index contributed by atoms with van der Waals surface area (Å²) >= 11 is 0. The molecular formula is C19H25ClN4O. The quantitative estimate of drug-likeness (QED) is 0.858. The average molecular weight is 361 g/mol. The van der Waals surface area contributed by atoms with Gasteiger partial charge in [-0.2, -0.15) is 0 Å². The van der Waals surface area contributed by atoms with Gasteiger partial charge in [-0.15, -0.1) is 12.4 Å². The van der Waals surface area contributed by atoms with Crippen LogP contribution in [0.1, 0.15) is 5.56 Å². The smallest absolute Gasteiger partial charge is 0.241 e. The summed E-state index contributed by atoms with van der Waals surface area (Å²) < 4.78 is 0. The number of carbonyl (C=O) groups is 1. The summed E-state index contributed by atoms with van der Waals surface area (Å²) in [6.45, 7) is 4.91. The van der Waals surface area contributed by atoms with Crippen LogP contribution >= 0.6 is 12.4 Å². The molecule has 0 atom stereocenters. The first kappa shape index (κ1) is 19.2. The predicted octanol–water partition coefficient (Wildman–Crippen LogP) is 2.30. The lowest BCUT2D eigenvalue weighted by Gasteiger charge is -2.34. The molecule has 1 saturated heterocycles. The first-order valence-corrected chi connectivity index (χ1v) is 8.49. The minimum absolute atomic E-state index is 0. The number of anilines is 1. The van der Waals surface area contributed by atoms with E-state index in [1.807, 2.05) is 47.6 Å². The monoisotopic (exact) mass is 360 g/mol. The molecule has 2 heterocycles. The van der Waals surface area contributed by atoms with E-state index < -0.39 is 0 Å². The maximum atomic E-state index is 12.3. The molecule has 1 N–H and O–H groups in total. The number of carbonyl (C=O) groups excluding carboxylic acids is 1. The lowest BCUT2D eigenvalue weighted by atomic mass is 10.2. The number of pyridine rings is 1. The van der Waals surface area contributed by atoms with Crippen molar-refractivity contribution in [3.05, 3.63) is 60.4 Å². The van der Waals surface area contributed by atoms with Gasteiger partial charge in [0.15, 0.2) is 0 Å².